The summed E-state index contributed by atoms with van der Waals surface area (Å²) in [4.78, 5) is 10.8. The van der Waals surface area contributed by atoms with E-state index in [9.17, 15) is 4.79 Å². The van der Waals surface area contributed by atoms with Gasteiger partial charge in [0.2, 0.25) is 5.91 Å². The van der Waals surface area contributed by atoms with Gasteiger partial charge in [0.25, 0.3) is 0 Å². The van der Waals surface area contributed by atoms with Crippen molar-refractivity contribution >= 4 is 38.7 Å². The van der Waals surface area contributed by atoms with Crippen LogP contribution in [0.15, 0.2) is 0 Å². The molecule has 7 heteroatoms. The minimum atomic E-state index is -2.52. The molecular weight excluding hydrogens is 365 g/mol. The number of nitrogens with one attached hydrogen (secondary N) is 1. The van der Waals surface area contributed by atoms with E-state index in [4.69, 9.17) is 13.3 Å². The van der Waals surface area contributed by atoms with Gasteiger partial charge < -0.3 is 18.6 Å². The fourth-order valence-electron chi connectivity index (χ4n) is 1.57. The van der Waals surface area contributed by atoms with Gasteiger partial charge in [-0.25, -0.2) is 0 Å². The fraction of sp³-hybridized carbons (Fsp3) is 0.909. The van der Waals surface area contributed by atoms with Crippen LogP contribution >= 0.6 is 24.0 Å². The molecule has 0 aromatic heterocycles. The van der Waals surface area contributed by atoms with Gasteiger partial charge >= 0.3 is 8.80 Å². The number of carbonyl (C=O) groups is 1. The Morgan fingerprint density at radius 3 is 1.83 bits per heavy atom. The van der Waals surface area contributed by atoms with Crippen molar-refractivity contribution in [2.45, 2.75) is 40.2 Å². The predicted octanol–water partition coefficient (Wildman–Crippen LogP) is 2.18. The van der Waals surface area contributed by atoms with Crippen LogP contribution in [0.2, 0.25) is 6.04 Å². The van der Waals surface area contributed by atoms with Crippen molar-refractivity contribution < 1.29 is 18.1 Å². The predicted molar refractivity (Wildman–Crippen MR) is 84.2 cm³/mol. The van der Waals surface area contributed by atoms with Crippen LogP contribution in [0.25, 0.3) is 0 Å². The molecule has 0 radical (unpaired) electrons. The van der Waals surface area contributed by atoms with Crippen molar-refractivity contribution in [3.8, 4) is 0 Å². The highest BCUT2D eigenvalue weighted by Crippen LogP contribution is 2.17. The van der Waals surface area contributed by atoms with Crippen molar-refractivity contribution in [3.63, 3.8) is 0 Å². The molecule has 1 amide bonds. The molecular formula is C11H26INO4Si. The first kappa shape index (κ1) is 20.6. The minimum Gasteiger partial charge on any atom is -0.374 e. The van der Waals surface area contributed by atoms with Crippen LogP contribution in [0.1, 0.15) is 34.1 Å². The molecule has 0 aliphatic rings. The summed E-state index contributed by atoms with van der Waals surface area (Å²) >= 11 is 0. The molecule has 0 aromatic rings. The quantitative estimate of drug-likeness (QED) is 0.352. The second kappa shape index (κ2) is 12.3. The van der Waals surface area contributed by atoms with Crippen LogP contribution in [0.4, 0.5) is 0 Å². The Morgan fingerprint density at radius 2 is 1.50 bits per heavy atom. The zero-order chi connectivity index (χ0) is 13.1. The number of hydrogen-bond acceptors (Lipinski definition) is 4. The summed E-state index contributed by atoms with van der Waals surface area (Å²) in [5.41, 5.74) is 0. The second-order valence-electron chi connectivity index (χ2n) is 3.57. The molecule has 0 saturated heterocycles. The molecule has 0 aliphatic heterocycles. The average Bonchev–Trinajstić information content (AvgIpc) is 2.25. The van der Waals surface area contributed by atoms with Crippen molar-refractivity contribution in [1.82, 2.24) is 5.32 Å². The Kier molecular flexibility index (Phi) is 14.1. The van der Waals surface area contributed by atoms with E-state index in [1.807, 2.05) is 20.8 Å². The summed E-state index contributed by atoms with van der Waals surface area (Å²) < 4.78 is 17.1. The smallest absolute Gasteiger partial charge is 0.374 e. The Morgan fingerprint density at radius 1 is 1.06 bits per heavy atom. The third-order valence-electron chi connectivity index (χ3n) is 2.13. The maximum Gasteiger partial charge on any atom is 0.500 e. The molecule has 110 valence electrons. The van der Waals surface area contributed by atoms with Crippen LogP contribution in [0, 0.1) is 0 Å². The van der Waals surface area contributed by atoms with Gasteiger partial charge in [0.15, 0.2) is 0 Å². The summed E-state index contributed by atoms with van der Waals surface area (Å²) in [6.45, 7) is 9.73. The molecule has 0 atom stereocenters. The standard InChI is InChI=1S/C11H25NO4Si.HI/c1-5-14-17(15-6-2,16-7-3)10-8-9-12-11(4)13;/h5-10H2,1-4H3,(H,12,13);1H. The van der Waals surface area contributed by atoms with Crippen LogP contribution in [-0.4, -0.2) is 41.1 Å². The lowest BCUT2D eigenvalue weighted by molar-refractivity contribution is -0.118. The molecule has 0 bridgehead atoms. The highest BCUT2D eigenvalue weighted by atomic mass is 127. The molecule has 0 rings (SSSR count). The van der Waals surface area contributed by atoms with Crippen LogP contribution in [0.5, 0.6) is 0 Å². The lowest BCUT2D eigenvalue weighted by atomic mass is 10.5. The van der Waals surface area contributed by atoms with E-state index in [1.54, 1.807) is 0 Å². The van der Waals surface area contributed by atoms with Gasteiger partial charge in [0.1, 0.15) is 0 Å². The van der Waals surface area contributed by atoms with E-state index in [0.29, 0.717) is 26.4 Å². The molecule has 1 N–H and O–H groups in total. The molecule has 0 saturated carbocycles. The third-order valence-corrected chi connectivity index (χ3v) is 5.28. The van der Waals surface area contributed by atoms with Gasteiger partial charge in [-0.1, -0.05) is 0 Å². The van der Waals surface area contributed by atoms with E-state index >= 15 is 0 Å². The number of hydrogen-bond donors (Lipinski definition) is 1. The number of carbonyl (C=O) groups excluding carboxylic acids is 1. The molecule has 0 heterocycles. The summed E-state index contributed by atoms with van der Waals surface area (Å²) in [6.07, 6.45) is 0.811. The minimum absolute atomic E-state index is 0. The molecule has 0 aromatic carbocycles. The van der Waals surface area contributed by atoms with Crippen molar-refractivity contribution in [1.29, 1.82) is 0 Å². The second-order valence-corrected chi connectivity index (χ2v) is 6.30. The average molecular weight is 391 g/mol. The van der Waals surface area contributed by atoms with Gasteiger partial charge in [-0.15, -0.1) is 24.0 Å². The molecule has 5 nitrogen and oxygen atoms in total. The van der Waals surface area contributed by atoms with E-state index in [1.165, 1.54) is 6.92 Å². The fourth-order valence-corrected chi connectivity index (χ4v) is 4.18. The number of rotatable bonds is 10. The van der Waals surface area contributed by atoms with Crippen LogP contribution < -0.4 is 5.32 Å². The van der Waals surface area contributed by atoms with E-state index in [-0.39, 0.29) is 29.9 Å². The van der Waals surface area contributed by atoms with E-state index < -0.39 is 8.80 Å². The van der Waals surface area contributed by atoms with Crippen molar-refractivity contribution in [3.05, 3.63) is 0 Å². The highest BCUT2D eigenvalue weighted by Gasteiger charge is 2.39. The maximum atomic E-state index is 10.8. The number of amides is 1. The van der Waals surface area contributed by atoms with Crippen LogP contribution in [0.3, 0.4) is 0 Å². The molecule has 0 fully saturated rings. The Bertz CT molecular complexity index is 202. The van der Waals surface area contributed by atoms with Gasteiger partial charge in [-0.2, -0.15) is 0 Å². The van der Waals surface area contributed by atoms with Crippen LogP contribution in [-0.2, 0) is 18.1 Å². The summed E-state index contributed by atoms with van der Waals surface area (Å²) in [7, 11) is -2.52. The molecule has 0 unspecified atom stereocenters. The topological polar surface area (TPSA) is 56.8 Å². The summed E-state index contributed by atoms with van der Waals surface area (Å²) in [5.74, 6) is -0.0125. The normalized spacial score (nSPS) is 10.9. The first-order valence-electron chi connectivity index (χ1n) is 6.26. The monoisotopic (exact) mass is 391 g/mol. The summed E-state index contributed by atoms with van der Waals surface area (Å²) in [5, 5.41) is 2.76. The van der Waals surface area contributed by atoms with E-state index in [0.717, 1.165) is 12.5 Å². The van der Waals surface area contributed by atoms with Gasteiger partial charge in [0.05, 0.1) is 0 Å². The summed E-state index contributed by atoms with van der Waals surface area (Å²) in [6, 6.07) is 0.739. The van der Waals surface area contributed by atoms with Gasteiger partial charge in [0, 0.05) is 39.3 Å². The maximum absolute atomic E-state index is 10.8. The molecule has 0 spiro atoms. The Balaban J connectivity index is 0. The highest BCUT2D eigenvalue weighted by molar-refractivity contribution is 14.0. The van der Waals surface area contributed by atoms with Crippen molar-refractivity contribution in [2.24, 2.45) is 0 Å². The lowest BCUT2D eigenvalue weighted by Gasteiger charge is -2.28. The largest absolute Gasteiger partial charge is 0.500 e. The van der Waals surface area contributed by atoms with Gasteiger partial charge in [-0.05, 0) is 27.2 Å². The van der Waals surface area contributed by atoms with Crippen molar-refractivity contribution in [2.75, 3.05) is 26.4 Å². The Labute approximate surface area is 128 Å². The SMILES string of the molecule is CCO[Si](CCCNC(C)=O)(OCC)OCC.I. The van der Waals surface area contributed by atoms with Gasteiger partial charge in [-0.3, -0.25) is 4.79 Å². The Hall–Kier alpha value is 0.297. The zero-order valence-electron chi connectivity index (χ0n) is 11.8. The molecule has 18 heavy (non-hydrogen) atoms. The zero-order valence-corrected chi connectivity index (χ0v) is 15.1. The lowest BCUT2D eigenvalue weighted by Crippen LogP contribution is -2.46. The third kappa shape index (κ3) is 9.26. The first-order chi connectivity index (χ1) is 8.10. The van der Waals surface area contributed by atoms with E-state index in [2.05, 4.69) is 5.32 Å². The number of halogens is 1. The first-order valence-corrected chi connectivity index (χ1v) is 8.19. The molecule has 0 aliphatic carbocycles.